The van der Waals surface area contributed by atoms with E-state index >= 15 is 0 Å². The van der Waals surface area contributed by atoms with Crippen molar-refractivity contribution in [1.82, 2.24) is 0 Å². The third-order valence-corrected chi connectivity index (χ3v) is 3.49. The standard InChI is InChI=1S/C9H14F6O3S.C3H7N/c10-7(9(14,15)19(16,17)18)5-3-1-2-4-6-8(11,12)13;1-2-3-4/h7H,1-6H2,(H,16,17,18);2H,1,3-4H2. The van der Waals surface area contributed by atoms with E-state index in [9.17, 15) is 34.8 Å². The molecule has 0 rings (SSSR count). The summed E-state index contributed by atoms with van der Waals surface area (Å²) in [6.45, 7) is 3.94. The van der Waals surface area contributed by atoms with Crippen LogP contribution in [0.3, 0.4) is 0 Å². The van der Waals surface area contributed by atoms with Crippen molar-refractivity contribution in [3.8, 4) is 0 Å². The zero-order valence-electron chi connectivity index (χ0n) is 12.3. The van der Waals surface area contributed by atoms with Crippen LogP contribution in [-0.2, 0) is 10.1 Å². The van der Waals surface area contributed by atoms with Crippen molar-refractivity contribution in [2.24, 2.45) is 5.73 Å². The Morgan fingerprint density at radius 1 is 1.09 bits per heavy atom. The van der Waals surface area contributed by atoms with Crippen LogP contribution in [0, 0.1) is 0 Å². The molecule has 140 valence electrons. The molecule has 0 amide bonds. The Balaban J connectivity index is 0. The first kappa shape index (κ1) is 24.4. The second-order valence-corrected chi connectivity index (χ2v) is 6.09. The van der Waals surface area contributed by atoms with E-state index in [1.807, 2.05) is 0 Å². The third-order valence-electron chi connectivity index (χ3n) is 2.54. The maximum Gasteiger partial charge on any atom is 0.400 e. The molecular formula is C12H21F6NO3S. The van der Waals surface area contributed by atoms with Gasteiger partial charge in [-0.05, 0) is 12.8 Å². The molecule has 4 nitrogen and oxygen atoms in total. The Bertz CT molecular complexity index is 425. The Morgan fingerprint density at radius 2 is 1.52 bits per heavy atom. The van der Waals surface area contributed by atoms with Crippen LogP contribution < -0.4 is 5.73 Å². The average Bonchev–Trinajstić information content (AvgIpc) is 2.40. The largest absolute Gasteiger partial charge is 0.400 e. The number of nitrogens with two attached hydrogens (primary N) is 1. The Hall–Kier alpha value is -0.810. The molecule has 1 atom stereocenters. The van der Waals surface area contributed by atoms with Crippen LogP contribution in [0.4, 0.5) is 26.3 Å². The van der Waals surface area contributed by atoms with Gasteiger partial charge in [0, 0.05) is 13.0 Å². The van der Waals surface area contributed by atoms with Gasteiger partial charge in [0.05, 0.1) is 0 Å². The number of hydrogen-bond donors (Lipinski definition) is 2. The molecule has 0 fully saturated rings. The highest BCUT2D eigenvalue weighted by molar-refractivity contribution is 7.86. The Labute approximate surface area is 131 Å². The first-order valence-corrected chi connectivity index (χ1v) is 8.10. The summed E-state index contributed by atoms with van der Waals surface area (Å²) in [4.78, 5) is 0. The van der Waals surface area contributed by atoms with Crippen molar-refractivity contribution in [3.05, 3.63) is 12.7 Å². The van der Waals surface area contributed by atoms with Gasteiger partial charge in [-0.15, -0.1) is 6.58 Å². The van der Waals surface area contributed by atoms with Gasteiger partial charge in [-0.25, -0.2) is 4.39 Å². The molecule has 0 radical (unpaired) electrons. The molecule has 0 saturated heterocycles. The van der Waals surface area contributed by atoms with Gasteiger partial charge >= 0.3 is 21.5 Å². The summed E-state index contributed by atoms with van der Waals surface area (Å²) in [7, 11) is -5.83. The molecule has 0 heterocycles. The fourth-order valence-electron chi connectivity index (χ4n) is 1.33. The van der Waals surface area contributed by atoms with Crippen molar-refractivity contribution >= 4 is 10.1 Å². The maximum absolute atomic E-state index is 12.9. The van der Waals surface area contributed by atoms with Crippen LogP contribution in [0.15, 0.2) is 12.7 Å². The fraction of sp³-hybridized carbons (Fsp3) is 0.833. The predicted octanol–water partition coefficient (Wildman–Crippen LogP) is 3.84. The molecule has 0 bridgehead atoms. The predicted molar refractivity (Wildman–Crippen MR) is 74.4 cm³/mol. The lowest BCUT2D eigenvalue weighted by Gasteiger charge is -2.17. The second-order valence-electron chi connectivity index (χ2n) is 4.60. The van der Waals surface area contributed by atoms with Crippen molar-refractivity contribution in [3.63, 3.8) is 0 Å². The summed E-state index contributed by atoms with van der Waals surface area (Å²) in [5.41, 5.74) is 4.91. The highest BCUT2D eigenvalue weighted by Gasteiger charge is 2.52. The summed E-state index contributed by atoms with van der Waals surface area (Å²) in [6.07, 6.45) is -7.82. The minimum atomic E-state index is -5.83. The van der Waals surface area contributed by atoms with Crippen molar-refractivity contribution < 1.29 is 39.3 Å². The number of alkyl halides is 6. The van der Waals surface area contributed by atoms with Crippen LogP contribution in [-0.4, -0.2) is 37.1 Å². The quantitative estimate of drug-likeness (QED) is 0.279. The van der Waals surface area contributed by atoms with Crippen LogP contribution in [0.25, 0.3) is 0 Å². The van der Waals surface area contributed by atoms with E-state index < -0.39 is 40.6 Å². The monoisotopic (exact) mass is 373 g/mol. The normalized spacial score (nSPS) is 13.9. The molecule has 0 aliphatic rings. The van der Waals surface area contributed by atoms with Gasteiger partial charge in [0.15, 0.2) is 6.17 Å². The number of hydrogen-bond acceptors (Lipinski definition) is 3. The van der Waals surface area contributed by atoms with Crippen LogP contribution in [0.2, 0.25) is 0 Å². The third kappa shape index (κ3) is 12.3. The molecular weight excluding hydrogens is 352 g/mol. The molecule has 0 aliphatic carbocycles. The molecule has 11 heteroatoms. The molecule has 0 aromatic rings. The minimum Gasteiger partial charge on any atom is -0.327 e. The van der Waals surface area contributed by atoms with E-state index in [-0.39, 0.29) is 25.7 Å². The van der Waals surface area contributed by atoms with E-state index in [1.165, 1.54) is 0 Å². The van der Waals surface area contributed by atoms with Gasteiger partial charge in [0.25, 0.3) is 0 Å². The van der Waals surface area contributed by atoms with Crippen molar-refractivity contribution in [2.45, 2.75) is 56.1 Å². The molecule has 1 unspecified atom stereocenters. The SMILES string of the molecule is C=CCN.O=S(=O)(O)C(F)(F)C(F)CCCCCCC(F)(F)F. The van der Waals surface area contributed by atoms with Crippen LogP contribution in [0.5, 0.6) is 0 Å². The Morgan fingerprint density at radius 3 is 1.87 bits per heavy atom. The summed E-state index contributed by atoms with van der Waals surface area (Å²) in [5.74, 6) is 0. The maximum atomic E-state index is 12.9. The average molecular weight is 373 g/mol. The molecule has 3 N–H and O–H groups in total. The topological polar surface area (TPSA) is 80.4 Å². The van der Waals surface area contributed by atoms with Gasteiger partial charge < -0.3 is 5.73 Å². The smallest absolute Gasteiger partial charge is 0.327 e. The number of rotatable bonds is 9. The Kier molecular flexibility index (Phi) is 11.6. The zero-order valence-corrected chi connectivity index (χ0v) is 13.1. The first-order valence-electron chi connectivity index (χ1n) is 6.66. The van der Waals surface area contributed by atoms with Crippen LogP contribution >= 0.6 is 0 Å². The molecule has 0 spiro atoms. The fourth-order valence-corrected chi connectivity index (χ4v) is 1.77. The highest BCUT2D eigenvalue weighted by Crippen LogP contribution is 2.31. The summed E-state index contributed by atoms with van der Waals surface area (Å²) >= 11 is 0. The summed E-state index contributed by atoms with van der Waals surface area (Å²) < 4.78 is 102. The van der Waals surface area contributed by atoms with Gasteiger partial charge in [0.1, 0.15) is 0 Å². The highest BCUT2D eigenvalue weighted by atomic mass is 32.2. The molecule has 0 aliphatic heterocycles. The lowest BCUT2D eigenvalue weighted by atomic mass is 10.1. The second kappa shape index (κ2) is 10.9. The number of halogens is 6. The van der Waals surface area contributed by atoms with Gasteiger partial charge in [0.2, 0.25) is 0 Å². The lowest BCUT2D eigenvalue weighted by molar-refractivity contribution is -0.135. The number of unbranched alkanes of at least 4 members (excludes halogenated alkanes) is 3. The summed E-state index contributed by atoms with van der Waals surface area (Å²) in [5, 5.41) is -4.89. The van der Waals surface area contributed by atoms with E-state index in [0.29, 0.717) is 6.54 Å². The van der Waals surface area contributed by atoms with E-state index in [4.69, 9.17) is 10.3 Å². The van der Waals surface area contributed by atoms with Crippen molar-refractivity contribution in [2.75, 3.05) is 6.54 Å². The molecule has 0 aromatic heterocycles. The van der Waals surface area contributed by atoms with Gasteiger partial charge in [-0.2, -0.15) is 30.4 Å². The van der Waals surface area contributed by atoms with Crippen LogP contribution in [0.1, 0.15) is 38.5 Å². The van der Waals surface area contributed by atoms with E-state index in [0.717, 1.165) is 0 Å². The molecule has 0 aromatic carbocycles. The van der Waals surface area contributed by atoms with E-state index in [1.54, 1.807) is 6.08 Å². The lowest BCUT2D eigenvalue weighted by Crippen LogP contribution is -2.38. The summed E-state index contributed by atoms with van der Waals surface area (Å²) in [6, 6.07) is 0. The molecule has 23 heavy (non-hydrogen) atoms. The zero-order chi connectivity index (χ0) is 18.7. The van der Waals surface area contributed by atoms with Crippen molar-refractivity contribution in [1.29, 1.82) is 0 Å². The molecule has 0 saturated carbocycles. The van der Waals surface area contributed by atoms with Gasteiger partial charge in [-0.3, -0.25) is 4.55 Å². The van der Waals surface area contributed by atoms with Gasteiger partial charge in [-0.1, -0.05) is 25.3 Å². The first-order chi connectivity index (χ1) is 10.3. The van der Waals surface area contributed by atoms with E-state index in [2.05, 4.69) is 6.58 Å². The minimum absolute atomic E-state index is 0.0675.